The molecule has 1 aromatic carbocycles. The number of halogens is 3. The van der Waals surface area contributed by atoms with Crippen LogP contribution in [0.3, 0.4) is 0 Å². The number of hydrogen-bond donors (Lipinski definition) is 0. The van der Waals surface area contributed by atoms with Gasteiger partial charge in [0.15, 0.2) is 0 Å². The number of aryl methyl sites for hydroxylation is 1. The Balaban J connectivity index is 2.38. The molecule has 3 rings (SSSR count). The van der Waals surface area contributed by atoms with Gasteiger partial charge in [0.1, 0.15) is 0 Å². The number of alkyl halides is 3. The number of benzene rings is 1. The fourth-order valence-corrected chi connectivity index (χ4v) is 2.63. The molecule has 18 heavy (non-hydrogen) atoms. The molecule has 0 saturated carbocycles. The molecule has 2 aromatic rings. The van der Waals surface area contributed by atoms with Crippen LogP contribution in [0.15, 0.2) is 29.1 Å². The van der Waals surface area contributed by atoms with Crippen LogP contribution in [0.5, 0.6) is 0 Å². The highest BCUT2D eigenvalue weighted by molar-refractivity contribution is 5.86. The van der Waals surface area contributed by atoms with Gasteiger partial charge in [0.25, 0.3) is 5.56 Å². The Bertz CT molecular complexity index is 700. The Kier molecular flexibility index (Phi) is 2.12. The smallest absolute Gasteiger partial charge is 0.311 e. The van der Waals surface area contributed by atoms with E-state index in [0.717, 1.165) is 0 Å². The molecule has 5 heteroatoms. The van der Waals surface area contributed by atoms with Gasteiger partial charge in [-0.25, -0.2) is 0 Å². The highest BCUT2D eigenvalue weighted by atomic mass is 19.4. The Morgan fingerprint density at radius 3 is 2.61 bits per heavy atom. The van der Waals surface area contributed by atoms with Crippen LogP contribution in [0.2, 0.25) is 0 Å². The molecule has 0 spiro atoms. The van der Waals surface area contributed by atoms with Crippen LogP contribution in [0.1, 0.15) is 17.0 Å². The van der Waals surface area contributed by atoms with Gasteiger partial charge >= 0.3 is 6.18 Å². The second-order valence-corrected chi connectivity index (χ2v) is 4.57. The average Bonchev–Trinajstić information content (AvgIpc) is 2.24. The van der Waals surface area contributed by atoms with E-state index in [-0.39, 0.29) is 17.5 Å². The summed E-state index contributed by atoms with van der Waals surface area (Å²) in [6.45, 7) is 0. The van der Waals surface area contributed by atoms with Gasteiger partial charge in [0.05, 0.1) is 11.4 Å². The second kappa shape index (κ2) is 3.37. The zero-order valence-electron chi connectivity index (χ0n) is 9.58. The lowest BCUT2D eigenvalue weighted by molar-refractivity contribution is -0.155. The molecule has 94 valence electrons. The van der Waals surface area contributed by atoms with E-state index in [0.29, 0.717) is 16.5 Å². The molecule has 1 heterocycles. The Labute approximate surface area is 101 Å². The van der Waals surface area contributed by atoms with Gasteiger partial charge in [0, 0.05) is 18.0 Å². The normalized spacial score (nSPS) is 18.6. The fraction of sp³-hybridized carbons (Fsp3) is 0.308. The minimum atomic E-state index is -4.28. The van der Waals surface area contributed by atoms with Crippen molar-refractivity contribution in [1.82, 2.24) is 4.57 Å². The first-order valence-electron chi connectivity index (χ1n) is 5.58. The van der Waals surface area contributed by atoms with Gasteiger partial charge in [-0.05, 0) is 18.1 Å². The molecule has 0 amide bonds. The van der Waals surface area contributed by atoms with Crippen LogP contribution in [0.25, 0.3) is 10.9 Å². The standard InChI is InChI=1S/C13H10F3NO/c1-17-10-5-3-2-4-7(10)11-8(12(17)18)6-9(11)13(14,15)16/h2-5,9H,6H2,1H3. The van der Waals surface area contributed by atoms with Crippen LogP contribution in [-0.4, -0.2) is 10.7 Å². The molecule has 0 aliphatic heterocycles. The van der Waals surface area contributed by atoms with Gasteiger partial charge in [-0.1, -0.05) is 18.2 Å². The van der Waals surface area contributed by atoms with E-state index in [1.165, 1.54) is 4.57 Å². The first-order valence-corrected chi connectivity index (χ1v) is 5.58. The first-order chi connectivity index (χ1) is 8.41. The summed E-state index contributed by atoms with van der Waals surface area (Å²) in [6.07, 6.45) is -4.47. The molecule has 0 bridgehead atoms. The summed E-state index contributed by atoms with van der Waals surface area (Å²) >= 11 is 0. The summed E-state index contributed by atoms with van der Waals surface area (Å²) in [7, 11) is 1.59. The molecule has 0 saturated heterocycles. The van der Waals surface area contributed by atoms with Gasteiger partial charge in [-0.3, -0.25) is 4.79 Å². The molecular weight excluding hydrogens is 243 g/mol. The van der Waals surface area contributed by atoms with E-state index in [9.17, 15) is 18.0 Å². The first kappa shape index (κ1) is 11.3. The van der Waals surface area contributed by atoms with Crippen molar-refractivity contribution in [1.29, 1.82) is 0 Å². The van der Waals surface area contributed by atoms with Crippen molar-refractivity contribution in [2.24, 2.45) is 7.05 Å². The van der Waals surface area contributed by atoms with Crippen LogP contribution in [0, 0.1) is 0 Å². The number of rotatable bonds is 0. The van der Waals surface area contributed by atoms with Crippen LogP contribution in [0.4, 0.5) is 13.2 Å². The van der Waals surface area contributed by atoms with Crippen LogP contribution >= 0.6 is 0 Å². The van der Waals surface area contributed by atoms with Gasteiger partial charge < -0.3 is 4.57 Å². The second-order valence-electron chi connectivity index (χ2n) is 4.57. The van der Waals surface area contributed by atoms with Crippen molar-refractivity contribution in [3.63, 3.8) is 0 Å². The predicted molar refractivity (Wildman–Crippen MR) is 61.7 cm³/mol. The third kappa shape index (κ3) is 1.33. The maximum Gasteiger partial charge on any atom is 0.396 e. The van der Waals surface area contributed by atoms with Gasteiger partial charge in [0.2, 0.25) is 0 Å². The van der Waals surface area contributed by atoms with Crippen molar-refractivity contribution in [2.75, 3.05) is 0 Å². The minimum Gasteiger partial charge on any atom is -0.311 e. The summed E-state index contributed by atoms with van der Waals surface area (Å²) in [5.74, 6) is -1.49. The average molecular weight is 253 g/mol. The molecule has 1 aliphatic rings. The van der Waals surface area contributed by atoms with Crippen LogP contribution < -0.4 is 5.56 Å². The number of fused-ring (bicyclic) bond motifs is 3. The zero-order valence-corrected chi connectivity index (χ0v) is 9.58. The van der Waals surface area contributed by atoms with E-state index < -0.39 is 12.1 Å². The maximum absolute atomic E-state index is 12.8. The lowest BCUT2D eigenvalue weighted by atomic mass is 9.75. The largest absolute Gasteiger partial charge is 0.396 e. The number of nitrogens with zero attached hydrogens (tertiary/aromatic N) is 1. The van der Waals surface area contributed by atoms with Gasteiger partial charge in [-0.2, -0.15) is 13.2 Å². The Morgan fingerprint density at radius 2 is 1.94 bits per heavy atom. The fourth-order valence-electron chi connectivity index (χ4n) is 2.63. The third-order valence-electron chi connectivity index (χ3n) is 3.60. The molecule has 1 unspecified atom stereocenters. The molecule has 2 nitrogen and oxygen atoms in total. The quantitative estimate of drug-likeness (QED) is 0.707. The molecule has 1 aliphatic carbocycles. The highest BCUT2D eigenvalue weighted by Crippen LogP contribution is 2.47. The summed E-state index contributed by atoms with van der Waals surface area (Å²) in [6, 6.07) is 6.72. The monoisotopic (exact) mass is 253 g/mol. The van der Waals surface area contributed by atoms with E-state index in [2.05, 4.69) is 0 Å². The summed E-state index contributed by atoms with van der Waals surface area (Å²) < 4.78 is 39.9. The lowest BCUT2D eigenvalue weighted by Gasteiger charge is -2.33. The van der Waals surface area contributed by atoms with Crippen molar-refractivity contribution >= 4 is 10.9 Å². The predicted octanol–water partition coefficient (Wildman–Crippen LogP) is 2.74. The molecule has 1 aromatic heterocycles. The number of hydrogen-bond acceptors (Lipinski definition) is 1. The van der Waals surface area contributed by atoms with Crippen LogP contribution in [-0.2, 0) is 13.5 Å². The van der Waals surface area contributed by atoms with Crippen molar-refractivity contribution in [3.8, 4) is 0 Å². The highest BCUT2D eigenvalue weighted by Gasteiger charge is 2.49. The number of para-hydroxylation sites is 1. The molecule has 1 atom stereocenters. The molecule has 0 radical (unpaired) electrons. The topological polar surface area (TPSA) is 22.0 Å². The zero-order chi connectivity index (χ0) is 13.1. The SMILES string of the molecule is Cn1c(=O)c2c(c3ccccc31)C(C(F)(F)F)C2. The maximum atomic E-state index is 12.8. The van der Waals surface area contributed by atoms with E-state index >= 15 is 0 Å². The van der Waals surface area contributed by atoms with Crippen molar-refractivity contribution in [2.45, 2.75) is 18.5 Å². The Morgan fingerprint density at radius 1 is 1.28 bits per heavy atom. The Hall–Kier alpha value is -1.78. The van der Waals surface area contributed by atoms with Gasteiger partial charge in [-0.15, -0.1) is 0 Å². The van der Waals surface area contributed by atoms with E-state index in [4.69, 9.17) is 0 Å². The minimum absolute atomic E-state index is 0.168. The third-order valence-corrected chi connectivity index (χ3v) is 3.60. The summed E-state index contributed by atoms with van der Waals surface area (Å²) in [5, 5.41) is 0.531. The van der Waals surface area contributed by atoms with Crippen molar-refractivity contribution in [3.05, 3.63) is 45.7 Å². The number of aromatic nitrogens is 1. The molecular formula is C13H10F3NO. The molecule has 0 fully saturated rings. The van der Waals surface area contributed by atoms with Crippen molar-refractivity contribution < 1.29 is 13.2 Å². The number of pyridine rings is 1. The summed E-state index contributed by atoms with van der Waals surface area (Å²) in [5.41, 5.74) is 0.708. The summed E-state index contributed by atoms with van der Waals surface area (Å²) in [4.78, 5) is 11.9. The van der Waals surface area contributed by atoms with E-state index in [1.807, 2.05) is 0 Å². The van der Waals surface area contributed by atoms with E-state index in [1.54, 1.807) is 31.3 Å². The molecule has 0 N–H and O–H groups in total. The lowest BCUT2D eigenvalue weighted by Crippen LogP contribution is -2.38.